The Hall–Kier alpha value is -2.09. The summed E-state index contributed by atoms with van der Waals surface area (Å²) in [6.45, 7) is 12.6. The molecule has 0 unspecified atom stereocenters. The van der Waals surface area contributed by atoms with E-state index in [1.54, 1.807) is 25.2 Å². The van der Waals surface area contributed by atoms with Gasteiger partial charge in [0, 0.05) is 0 Å². The van der Waals surface area contributed by atoms with Crippen LogP contribution in [0.4, 0.5) is 0 Å². The molecule has 0 aliphatic heterocycles. The first-order valence-corrected chi connectivity index (χ1v) is 4.90. The van der Waals surface area contributed by atoms with Gasteiger partial charge in [0.1, 0.15) is 11.2 Å². The monoisotopic (exact) mass is 214 g/mol. The molecule has 1 aromatic heterocycles. The Kier molecular flexibility index (Phi) is 3.84. The molecule has 0 aliphatic rings. The van der Waals surface area contributed by atoms with Gasteiger partial charge in [0.05, 0.1) is 10.8 Å². The van der Waals surface area contributed by atoms with Crippen molar-refractivity contribution in [3.63, 3.8) is 0 Å². The maximum atomic E-state index is 12.0. The molecule has 0 aromatic carbocycles. The summed E-state index contributed by atoms with van der Waals surface area (Å²) >= 11 is 0. The van der Waals surface area contributed by atoms with E-state index >= 15 is 0 Å². The van der Waals surface area contributed by atoms with Gasteiger partial charge in [0.15, 0.2) is 5.43 Å². The zero-order valence-corrected chi connectivity index (χ0v) is 9.32. The summed E-state index contributed by atoms with van der Waals surface area (Å²) in [5.74, 6) is 0.429. The second kappa shape index (κ2) is 5.12. The molecule has 1 rings (SSSR count). The first-order chi connectivity index (χ1) is 7.69. The van der Waals surface area contributed by atoms with E-state index < -0.39 is 0 Å². The van der Waals surface area contributed by atoms with Crippen molar-refractivity contribution in [3.05, 3.63) is 58.0 Å². The molecule has 2 nitrogen and oxygen atoms in total. The van der Waals surface area contributed by atoms with Crippen molar-refractivity contribution in [2.24, 2.45) is 0 Å². The van der Waals surface area contributed by atoms with Crippen LogP contribution >= 0.6 is 0 Å². The van der Waals surface area contributed by atoms with Gasteiger partial charge < -0.3 is 4.42 Å². The highest BCUT2D eigenvalue weighted by molar-refractivity contribution is 5.59. The Balaban J connectivity index is 3.99. The normalized spacial score (nSPS) is 12.6. The van der Waals surface area contributed by atoms with Gasteiger partial charge in [-0.15, -0.1) is 0 Å². The largest absolute Gasteiger partial charge is 0.456 e. The van der Waals surface area contributed by atoms with Crippen LogP contribution in [0.15, 0.2) is 35.0 Å². The average molecular weight is 214 g/mol. The number of hydrogen-bond acceptors (Lipinski definition) is 2. The first kappa shape index (κ1) is 12.0. The van der Waals surface area contributed by atoms with Gasteiger partial charge in [-0.3, -0.25) is 4.79 Å². The molecule has 0 N–H and O–H groups in total. The van der Waals surface area contributed by atoms with Gasteiger partial charge in [0.2, 0.25) is 0 Å². The summed E-state index contributed by atoms with van der Waals surface area (Å²) in [7, 11) is 0. The van der Waals surface area contributed by atoms with E-state index in [1.807, 2.05) is 0 Å². The van der Waals surface area contributed by atoms with Crippen LogP contribution in [-0.4, -0.2) is 0 Å². The van der Waals surface area contributed by atoms with Crippen LogP contribution in [0.1, 0.15) is 18.2 Å². The zero-order valence-electron chi connectivity index (χ0n) is 9.32. The van der Waals surface area contributed by atoms with Gasteiger partial charge in [-0.05, 0) is 19.1 Å². The highest BCUT2D eigenvalue weighted by Gasteiger charge is 2.05. The smallest absolute Gasteiger partial charge is 0.200 e. The van der Waals surface area contributed by atoms with E-state index in [2.05, 4.69) is 19.7 Å². The molecule has 0 atom stereocenters. The quantitative estimate of drug-likeness (QED) is 0.766. The lowest BCUT2D eigenvalue weighted by molar-refractivity contribution is 0.497. The molecular formula is C14H14O2. The van der Waals surface area contributed by atoms with Crippen LogP contribution in [-0.2, 0) is 0 Å². The lowest BCUT2D eigenvalue weighted by Crippen LogP contribution is -2.40. The fourth-order valence-electron chi connectivity index (χ4n) is 1.45. The van der Waals surface area contributed by atoms with E-state index in [-0.39, 0.29) is 5.43 Å². The van der Waals surface area contributed by atoms with E-state index in [1.165, 1.54) is 12.2 Å². The van der Waals surface area contributed by atoms with Gasteiger partial charge >= 0.3 is 0 Å². The summed E-state index contributed by atoms with van der Waals surface area (Å²) in [5.41, 5.74) is 0.819. The SMILES string of the molecule is C=C/C=c1/oc(C=C)c(C=C)c(=O)/c1=C/C. The van der Waals surface area contributed by atoms with E-state index in [4.69, 9.17) is 4.42 Å². The molecule has 0 spiro atoms. The fourth-order valence-corrected chi connectivity index (χ4v) is 1.45. The van der Waals surface area contributed by atoms with Gasteiger partial charge in [0.25, 0.3) is 0 Å². The molecule has 82 valence electrons. The standard InChI is InChI=1S/C14H14O2/c1-5-9-13-11(7-3)14(15)10(6-2)12(8-4)16-13/h5-9H,1-2,4H2,3H3/b11-7+,13-9+. The molecule has 0 amide bonds. The predicted octanol–water partition coefficient (Wildman–Crippen LogP) is 1.69. The molecule has 0 saturated heterocycles. The molecular weight excluding hydrogens is 200 g/mol. The third kappa shape index (κ3) is 1.96. The Morgan fingerprint density at radius 3 is 2.31 bits per heavy atom. The number of allylic oxidation sites excluding steroid dienone is 1. The van der Waals surface area contributed by atoms with Crippen molar-refractivity contribution in [2.75, 3.05) is 0 Å². The summed E-state index contributed by atoms with van der Waals surface area (Å²) in [6, 6.07) is 0. The summed E-state index contributed by atoms with van der Waals surface area (Å²) in [6.07, 6.45) is 7.91. The lowest BCUT2D eigenvalue weighted by atomic mass is 10.1. The highest BCUT2D eigenvalue weighted by atomic mass is 16.3. The van der Waals surface area contributed by atoms with E-state index in [9.17, 15) is 4.79 Å². The Morgan fingerprint density at radius 2 is 1.88 bits per heavy atom. The minimum absolute atomic E-state index is 0.105. The van der Waals surface area contributed by atoms with Gasteiger partial charge in [-0.1, -0.05) is 38.0 Å². The third-order valence-electron chi connectivity index (χ3n) is 2.19. The maximum Gasteiger partial charge on any atom is 0.200 e. The van der Waals surface area contributed by atoms with Crippen LogP contribution in [0.2, 0.25) is 0 Å². The van der Waals surface area contributed by atoms with Crippen molar-refractivity contribution < 1.29 is 4.42 Å². The summed E-state index contributed by atoms with van der Waals surface area (Å²) in [4.78, 5) is 12.0. The molecule has 0 radical (unpaired) electrons. The first-order valence-electron chi connectivity index (χ1n) is 4.90. The molecule has 0 aliphatic carbocycles. The summed E-state index contributed by atoms with van der Waals surface area (Å²) in [5, 5.41) is 0.514. The second-order valence-electron chi connectivity index (χ2n) is 3.09. The van der Waals surface area contributed by atoms with Crippen LogP contribution in [0.25, 0.3) is 24.3 Å². The Labute approximate surface area is 94.2 Å². The molecule has 16 heavy (non-hydrogen) atoms. The van der Waals surface area contributed by atoms with Crippen LogP contribution in [0.3, 0.4) is 0 Å². The topological polar surface area (TPSA) is 30.2 Å². The number of rotatable bonds is 3. The molecule has 1 aromatic rings. The minimum atomic E-state index is -0.105. The Morgan fingerprint density at radius 1 is 1.19 bits per heavy atom. The van der Waals surface area contributed by atoms with Crippen molar-refractivity contribution >= 4 is 24.3 Å². The van der Waals surface area contributed by atoms with Crippen molar-refractivity contribution in [1.29, 1.82) is 0 Å². The lowest BCUT2D eigenvalue weighted by Gasteiger charge is -1.99. The second-order valence-corrected chi connectivity index (χ2v) is 3.09. The van der Waals surface area contributed by atoms with Crippen LogP contribution in [0.5, 0.6) is 0 Å². The minimum Gasteiger partial charge on any atom is -0.456 e. The zero-order chi connectivity index (χ0) is 12.1. The van der Waals surface area contributed by atoms with Gasteiger partial charge in [-0.2, -0.15) is 0 Å². The van der Waals surface area contributed by atoms with Crippen molar-refractivity contribution in [3.8, 4) is 0 Å². The van der Waals surface area contributed by atoms with Crippen LogP contribution in [0, 0.1) is 0 Å². The Bertz CT molecular complexity index is 601. The van der Waals surface area contributed by atoms with Crippen molar-refractivity contribution in [1.82, 2.24) is 0 Å². The number of hydrogen-bond donors (Lipinski definition) is 0. The molecule has 2 heteroatoms. The maximum absolute atomic E-state index is 12.0. The fraction of sp³-hybridized carbons (Fsp3) is 0.0714. The van der Waals surface area contributed by atoms with E-state index in [0.717, 1.165) is 0 Å². The van der Waals surface area contributed by atoms with E-state index in [0.29, 0.717) is 22.0 Å². The average Bonchev–Trinajstić information content (AvgIpc) is 2.29. The summed E-state index contributed by atoms with van der Waals surface area (Å²) < 4.78 is 5.54. The van der Waals surface area contributed by atoms with Crippen LogP contribution < -0.4 is 16.1 Å². The highest BCUT2D eigenvalue weighted by Crippen LogP contribution is 2.02. The molecule has 0 fully saturated rings. The third-order valence-corrected chi connectivity index (χ3v) is 2.19. The van der Waals surface area contributed by atoms with Crippen molar-refractivity contribution in [2.45, 2.75) is 6.92 Å². The molecule has 0 bridgehead atoms. The van der Waals surface area contributed by atoms with Gasteiger partial charge in [-0.25, -0.2) is 0 Å². The predicted molar refractivity (Wildman–Crippen MR) is 69.2 cm³/mol. The molecule has 0 saturated carbocycles. The molecule has 1 heterocycles.